The molecule has 12 heteroatoms. The maximum absolute atomic E-state index is 14.1. The van der Waals surface area contributed by atoms with Crippen LogP contribution in [0.25, 0.3) is 11.3 Å². The van der Waals surface area contributed by atoms with E-state index in [0.717, 1.165) is 23.5 Å². The molecule has 2 heterocycles. The lowest BCUT2D eigenvalue weighted by molar-refractivity contribution is -0.137. The third-order valence-corrected chi connectivity index (χ3v) is 5.98. The lowest BCUT2D eigenvalue weighted by Gasteiger charge is -2.08. The van der Waals surface area contributed by atoms with Crippen molar-refractivity contribution in [3.05, 3.63) is 50.8 Å². The number of nitrogens with one attached hydrogen (secondary N) is 3. The van der Waals surface area contributed by atoms with Crippen LogP contribution >= 0.6 is 22.7 Å². The van der Waals surface area contributed by atoms with Gasteiger partial charge in [-0.3, -0.25) is 9.59 Å². The van der Waals surface area contributed by atoms with Crippen LogP contribution in [0.5, 0.6) is 0 Å². The highest BCUT2D eigenvalue weighted by Gasteiger charge is 2.31. The number of thiazole rings is 1. The van der Waals surface area contributed by atoms with Gasteiger partial charge in [0.1, 0.15) is 5.82 Å². The lowest BCUT2D eigenvalue weighted by atomic mass is 10.1. The zero-order valence-corrected chi connectivity index (χ0v) is 17.8. The average molecular weight is 472 g/mol. The molecule has 2 amide bonds. The first-order chi connectivity index (χ1) is 14.6. The number of anilines is 2. The molecule has 2 aromatic heterocycles. The van der Waals surface area contributed by atoms with Crippen molar-refractivity contribution in [1.29, 1.82) is 0 Å². The van der Waals surface area contributed by atoms with Crippen molar-refractivity contribution >= 4 is 45.3 Å². The van der Waals surface area contributed by atoms with Gasteiger partial charge < -0.3 is 16.0 Å². The van der Waals surface area contributed by atoms with Crippen LogP contribution in [0.1, 0.15) is 20.8 Å². The second kappa shape index (κ2) is 9.02. The van der Waals surface area contributed by atoms with Gasteiger partial charge in [-0.15, -0.1) is 22.7 Å². The van der Waals surface area contributed by atoms with E-state index in [2.05, 4.69) is 20.9 Å². The molecule has 0 radical (unpaired) electrons. The first-order valence-corrected chi connectivity index (χ1v) is 10.5. The number of amides is 2. The first kappa shape index (κ1) is 22.7. The standard InChI is InChI=1S/C19H16F4N4O2S2/c1-24-13-8-30-14(16(13)17(29)25-2)6-15(28)27-18-26-12(7-31-18)10-4-3-9(5-11(10)20)19(21,22)23/h3-5,7-8,24H,6H2,1-2H3,(H,25,29)(H,26,27,28). The molecule has 0 aliphatic carbocycles. The Morgan fingerprint density at radius 2 is 1.87 bits per heavy atom. The van der Waals surface area contributed by atoms with Crippen LogP contribution in [0.4, 0.5) is 28.4 Å². The maximum Gasteiger partial charge on any atom is 0.416 e. The van der Waals surface area contributed by atoms with Crippen molar-refractivity contribution in [2.45, 2.75) is 12.6 Å². The van der Waals surface area contributed by atoms with Gasteiger partial charge in [-0.2, -0.15) is 13.2 Å². The predicted molar refractivity (Wildman–Crippen MR) is 112 cm³/mol. The molecule has 164 valence electrons. The monoisotopic (exact) mass is 472 g/mol. The third kappa shape index (κ3) is 5.02. The molecule has 6 nitrogen and oxygen atoms in total. The van der Waals surface area contributed by atoms with E-state index in [0.29, 0.717) is 22.2 Å². The quantitative estimate of drug-likeness (QED) is 0.458. The molecule has 0 unspecified atom stereocenters. The van der Waals surface area contributed by atoms with Gasteiger partial charge in [0, 0.05) is 35.3 Å². The summed E-state index contributed by atoms with van der Waals surface area (Å²) in [6, 6.07) is 2.18. The number of thiophene rings is 1. The Balaban J connectivity index is 1.74. The second-order valence-corrected chi connectivity index (χ2v) is 8.05. The van der Waals surface area contributed by atoms with E-state index in [4.69, 9.17) is 0 Å². The number of rotatable bonds is 6. The van der Waals surface area contributed by atoms with E-state index in [-0.39, 0.29) is 28.7 Å². The SMILES string of the molecule is CNC(=O)c1c(NC)csc1CC(=O)Nc1nc(-c2ccc(C(F)(F)F)cc2F)cs1. The zero-order valence-electron chi connectivity index (χ0n) is 16.2. The van der Waals surface area contributed by atoms with Gasteiger partial charge in [-0.05, 0) is 18.2 Å². The van der Waals surface area contributed by atoms with Crippen LogP contribution in [-0.4, -0.2) is 30.9 Å². The number of carbonyl (C=O) groups is 2. The van der Waals surface area contributed by atoms with Crippen LogP contribution < -0.4 is 16.0 Å². The molecule has 3 aromatic rings. The van der Waals surface area contributed by atoms with Crippen LogP contribution in [0.15, 0.2) is 29.0 Å². The topological polar surface area (TPSA) is 83.1 Å². The highest BCUT2D eigenvalue weighted by molar-refractivity contribution is 7.14. The van der Waals surface area contributed by atoms with Gasteiger partial charge in [-0.25, -0.2) is 9.37 Å². The molecular formula is C19H16F4N4O2S2. The Bertz CT molecular complexity index is 1120. The number of hydrogen-bond donors (Lipinski definition) is 3. The number of carbonyl (C=O) groups excluding carboxylic acids is 2. The van der Waals surface area contributed by atoms with E-state index >= 15 is 0 Å². The molecule has 1 aromatic carbocycles. The van der Waals surface area contributed by atoms with Crippen molar-refractivity contribution in [1.82, 2.24) is 10.3 Å². The van der Waals surface area contributed by atoms with E-state index in [1.807, 2.05) is 0 Å². The van der Waals surface area contributed by atoms with Gasteiger partial charge in [0.15, 0.2) is 5.13 Å². The molecule has 3 N–H and O–H groups in total. The average Bonchev–Trinajstić information content (AvgIpc) is 3.33. The Morgan fingerprint density at radius 1 is 1.13 bits per heavy atom. The lowest BCUT2D eigenvalue weighted by Crippen LogP contribution is -2.21. The summed E-state index contributed by atoms with van der Waals surface area (Å²) in [6.45, 7) is 0. The Labute approximate surface area is 182 Å². The number of hydrogen-bond acceptors (Lipinski definition) is 6. The van der Waals surface area contributed by atoms with Gasteiger partial charge in [0.25, 0.3) is 5.91 Å². The van der Waals surface area contributed by atoms with Crippen molar-refractivity contribution in [3.8, 4) is 11.3 Å². The Kier molecular flexibility index (Phi) is 6.60. The van der Waals surface area contributed by atoms with Crippen LogP contribution in [0.2, 0.25) is 0 Å². The second-order valence-electron chi connectivity index (χ2n) is 6.23. The van der Waals surface area contributed by atoms with Gasteiger partial charge >= 0.3 is 6.18 Å². The molecule has 0 fully saturated rings. The maximum atomic E-state index is 14.1. The molecule has 0 aliphatic rings. The van der Waals surface area contributed by atoms with Gasteiger partial charge in [0.05, 0.1) is 28.9 Å². The van der Waals surface area contributed by atoms with E-state index < -0.39 is 23.5 Å². The molecular weight excluding hydrogens is 456 g/mol. The van der Waals surface area contributed by atoms with E-state index in [9.17, 15) is 27.2 Å². The number of alkyl halides is 3. The number of aromatic nitrogens is 1. The molecule has 0 aliphatic heterocycles. The Morgan fingerprint density at radius 3 is 2.48 bits per heavy atom. The van der Waals surface area contributed by atoms with Crippen molar-refractivity contribution in [2.24, 2.45) is 0 Å². The first-order valence-electron chi connectivity index (χ1n) is 8.76. The van der Waals surface area contributed by atoms with Crippen LogP contribution in [-0.2, 0) is 17.4 Å². The summed E-state index contributed by atoms with van der Waals surface area (Å²) in [5.74, 6) is -1.84. The van der Waals surface area contributed by atoms with E-state index in [1.54, 1.807) is 12.4 Å². The summed E-state index contributed by atoms with van der Waals surface area (Å²) in [7, 11) is 3.15. The fourth-order valence-electron chi connectivity index (χ4n) is 2.75. The van der Waals surface area contributed by atoms with Crippen molar-refractivity contribution in [2.75, 3.05) is 24.7 Å². The summed E-state index contributed by atoms with van der Waals surface area (Å²) in [4.78, 5) is 29.2. The minimum Gasteiger partial charge on any atom is -0.387 e. The predicted octanol–water partition coefficient (Wildman–Crippen LogP) is 4.61. The van der Waals surface area contributed by atoms with E-state index in [1.165, 1.54) is 23.8 Å². The summed E-state index contributed by atoms with van der Waals surface area (Å²) in [5, 5.41) is 11.3. The van der Waals surface area contributed by atoms with Crippen LogP contribution in [0, 0.1) is 5.82 Å². The van der Waals surface area contributed by atoms with Crippen molar-refractivity contribution in [3.63, 3.8) is 0 Å². The third-order valence-electron chi connectivity index (χ3n) is 4.23. The summed E-state index contributed by atoms with van der Waals surface area (Å²) in [6.07, 6.45) is -4.73. The number of benzene rings is 1. The highest BCUT2D eigenvalue weighted by atomic mass is 32.1. The molecule has 0 spiro atoms. The Hall–Kier alpha value is -2.99. The minimum absolute atomic E-state index is 0.0847. The molecule has 0 bridgehead atoms. The molecule has 0 saturated heterocycles. The summed E-state index contributed by atoms with van der Waals surface area (Å²) >= 11 is 2.25. The minimum atomic E-state index is -4.65. The smallest absolute Gasteiger partial charge is 0.387 e. The molecule has 31 heavy (non-hydrogen) atoms. The van der Waals surface area contributed by atoms with Gasteiger partial charge in [0.2, 0.25) is 5.91 Å². The normalized spacial score (nSPS) is 11.3. The molecule has 3 rings (SSSR count). The summed E-state index contributed by atoms with van der Waals surface area (Å²) in [5.41, 5.74) is -0.130. The largest absolute Gasteiger partial charge is 0.416 e. The number of halogens is 4. The van der Waals surface area contributed by atoms with Crippen molar-refractivity contribution < 1.29 is 27.2 Å². The van der Waals surface area contributed by atoms with Gasteiger partial charge in [-0.1, -0.05) is 0 Å². The van der Waals surface area contributed by atoms with Crippen LogP contribution in [0.3, 0.4) is 0 Å². The molecule has 0 atom stereocenters. The fraction of sp³-hybridized carbons (Fsp3) is 0.211. The fourth-order valence-corrected chi connectivity index (χ4v) is 4.51. The zero-order chi connectivity index (χ0) is 22.8. The highest BCUT2D eigenvalue weighted by Crippen LogP contribution is 2.34. The number of nitrogens with zero attached hydrogens (tertiary/aromatic N) is 1. The molecule has 0 saturated carbocycles. The summed E-state index contributed by atoms with van der Waals surface area (Å²) < 4.78 is 52.2.